The van der Waals surface area contributed by atoms with Gasteiger partial charge in [-0.2, -0.15) is 0 Å². The Morgan fingerprint density at radius 1 is 0.500 bits per heavy atom. The van der Waals surface area contributed by atoms with E-state index in [1.54, 1.807) is 0 Å². The van der Waals surface area contributed by atoms with Crippen molar-refractivity contribution in [3.63, 3.8) is 0 Å². The molecule has 0 N–H and O–H groups in total. The van der Waals surface area contributed by atoms with Gasteiger partial charge in [-0.05, 0) is 19.3 Å². The molecule has 0 aromatic carbocycles. The highest BCUT2D eigenvalue weighted by molar-refractivity contribution is 6.17. The number of carbonyl (C=O) groups excluding carboxylic acids is 1. The van der Waals surface area contributed by atoms with E-state index in [4.69, 9.17) is 40.0 Å². The summed E-state index contributed by atoms with van der Waals surface area (Å²) in [5.41, 5.74) is 0. The summed E-state index contributed by atoms with van der Waals surface area (Å²) in [6, 6.07) is 0. The Balaban J connectivity index is 3.10. The molecule has 34 heavy (non-hydrogen) atoms. The van der Waals surface area contributed by atoms with Gasteiger partial charge >= 0.3 is 5.97 Å². The van der Waals surface area contributed by atoms with Crippen molar-refractivity contribution >= 4 is 17.6 Å². The summed E-state index contributed by atoms with van der Waals surface area (Å²) in [6.07, 6.45) is 13.4. The number of rotatable bonds is 29. The molecule has 0 saturated carbocycles. The van der Waals surface area contributed by atoms with Crippen molar-refractivity contribution in [3.8, 4) is 0 Å². The van der Waals surface area contributed by atoms with Gasteiger partial charge < -0.3 is 28.4 Å². The summed E-state index contributed by atoms with van der Waals surface area (Å²) in [5.74, 6) is 0.618. The molecule has 0 spiro atoms. The van der Waals surface area contributed by atoms with E-state index in [-0.39, 0.29) is 5.97 Å². The SMILES string of the molecule is CCCCCCCCCC(=O)OCCOCCOCCOCCOCCOCCCCCCCl. The monoisotopic (exact) mass is 510 g/mol. The Hall–Kier alpha value is -0.440. The lowest BCUT2D eigenvalue weighted by Gasteiger charge is -2.08. The average Bonchev–Trinajstić information content (AvgIpc) is 2.84. The predicted molar refractivity (Wildman–Crippen MR) is 137 cm³/mol. The lowest BCUT2D eigenvalue weighted by atomic mass is 10.1. The molecule has 0 radical (unpaired) electrons. The molecule has 0 amide bonds. The van der Waals surface area contributed by atoms with Gasteiger partial charge in [0.15, 0.2) is 0 Å². The highest BCUT2D eigenvalue weighted by atomic mass is 35.5. The number of unbranched alkanes of at least 4 members (excludes halogenated alkanes) is 9. The normalized spacial score (nSPS) is 11.2. The molecule has 204 valence electrons. The summed E-state index contributed by atoms with van der Waals surface area (Å²) < 4.78 is 32.5. The molecule has 0 aliphatic heterocycles. The third-order valence-electron chi connectivity index (χ3n) is 5.14. The average molecular weight is 511 g/mol. The molecule has 0 saturated heterocycles. The molecule has 0 aromatic rings. The molecule has 8 heteroatoms. The maximum atomic E-state index is 11.6. The molecule has 0 atom stereocenters. The molecule has 0 aliphatic carbocycles. The zero-order chi connectivity index (χ0) is 24.8. The van der Waals surface area contributed by atoms with Gasteiger partial charge in [0.05, 0.1) is 59.5 Å². The number of hydrogen-bond acceptors (Lipinski definition) is 7. The van der Waals surface area contributed by atoms with Crippen LogP contribution in [-0.4, -0.2) is 84.5 Å². The number of alkyl halides is 1. The third kappa shape index (κ3) is 29.6. The van der Waals surface area contributed by atoms with E-state index in [9.17, 15) is 4.79 Å². The van der Waals surface area contributed by atoms with Crippen LogP contribution in [0.25, 0.3) is 0 Å². The Morgan fingerprint density at radius 2 is 0.912 bits per heavy atom. The quantitative estimate of drug-likeness (QED) is 0.0741. The largest absolute Gasteiger partial charge is 0.463 e. The fraction of sp³-hybridized carbons (Fsp3) is 0.962. The van der Waals surface area contributed by atoms with Crippen LogP contribution in [0.5, 0.6) is 0 Å². The van der Waals surface area contributed by atoms with Crippen LogP contribution < -0.4 is 0 Å². The van der Waals surface area contributed by atoms with E-state index in [1.807, 2.05) is 0 Å². The van der Waals surface area contributed by atoms with Crippen LogP contribution in [0.3, 0.4) is 0 Å². The first-order valence-electron chi connectivity index (χ1n) is 13.4. The minimum absolute atomic E-state index is 0.129. The third-order valence-corrected chi connectivity index (χ3v) is 5.40. The van der Waals surface area contributed by atoms with Gasteiger partial charge in [0, 0.05) is 18.9 Å². The smallest absolute Gasteiger partial charge is 0.305 e. The second-order valence-electron chi connectivity index (χ2n) is 8.26. The number of ether oxygens (including phenoxy) is 6. The maximum absolute atomic E-state index is 11.6. The van der Waals surface area contributed by atoms with Crippen LogP contribution in [0.4, 0.5) is 0 Å². The van der Waals surface area contributed by atoms with Crippen LogP contribution in [0.1, 0.15) is 84.0 Å². The summed E-state index contributed by atoms with van der Waals surface area (Å²) in [4.78, 5) is 11.6. The zero-order valence-electron chi connectivity index (χ0n) is 21.7. The van der Waals surface area contributed by atoms with Crippen LogP contribution >= 0.6 is 11.6 Å². The molecule has 0 fully saturated rings. The second kappa shape index (κ2) is 30.6. The minimum Gasteiger partial charge on any atom is -0.463 e. The zero-order valence-corrected chi connectivity index (χ0v) is 22.5. The molecule has 0 bridgehead atoms. The van der Waals surface area contributed by atoms with Gasteiger partial charge in [-0.25, -0.2) is 0 Å². The van der Waals surface area contributed by atoms with Crippen molar-refractivity contribution < 1.29 is 33.2 Å². The summed E-state index contributed by atoms with van der Waals surface area (Å²) in [7, 11) is 0. The van der Waals surface area contributed by atoms with E-state index in [0.717, 1.165) is 38.2 Å². The lowest BCUT2D eigenvalue weighted by Crippen LogP contribution is -2.15. The second-order valence-corrected chi connectivity index (χ2v) is 8.63. The number of halogens is 1. The van der Waals surface area contributed by atoms with Gasteiger partial charge in [-0.15, -0.1) is 11.6 Å². The topological polar surface area (TPSA) is 72.5 Å². The van der Waals surface area contributed by atoms with Crippen molar-refractivity contribution in [3.05, 3.63) is 0 Å². The van der Waals surface area contributed by atoms with E-state index < -0.39 is 0 Å². The highest BCUT2D eigenvalue weighted by Crippen LogP contribution is 2.08. The van der Waals surface area contributed by atoms with Crippen LogP contribution in [-0.2, 0) is 33.2 Å². The first-order chi connectivity index (χ1) is 16.8. The molecule has 0 heterocycles. The van der Waals surface area contributed by atoms with Gasteiger partial charge in [0.25, 0.3) is 0 Å². The van der Waals surface area contributed by atoms with E-state index in [2.05, 4.69) is 6.92 Å². The summed E-state index contributed by atoms with van der Waals surface area (Å²) in [6.45, 7) is 8.03. The summed E-state index contributed by atoms with van der Waals surface area (Å²) >= 11 is 5.64. The fourth-order valence-corrected chi connectivity index (χ4v) is 3.34. The molecule has 7 nitrogen and oxygen atoms in total. The van der Waals surface area contributed by atoms with Crippen molar-refractivity contribution in [1.82, 2.24) is 0 Å². The van der Waals surface area contributed by atoms with Crippen molar-refractivity contribution in [2.45, 2.75) is 84.0 Å². The summed E-state index contributed by atoms with van der Waals surface area (Å²) in [5, 5.41) is 0. The maximum Gasteiger partial charge on any atom is 0.305 e. The fourth-order valence-electron chi connectivity index (χ4n) is 3.15. The number of hydrogen-bond donors (Lipinski definition) is 0. The molecular formula is C26H51ClO7. The number of esters is 1. The van der Waals surface area contributed by atoms with Crippen molar-refractivity contribution in [1.29, 1.82) is 0 Å². The Bertz CT molecular complexity index is 399. The predicted octanol–water partition coefficient (Wildman–Crippen LogP) is 5.55. The van der Waals surface area contributed by atoms with Gasteiger partial charge in [-0.1, -0.05) is 58.3 Å². The van der Waals surface area contributed by atoms with Gasteiger partial charge in [-0.3, -0.25) is 4.79 Å². The molecule has 0 rings (SSSR count). The Kier molecular flexibility index (Phi) is 30.2. The van der Waals surface area contributed by atoms with Gasteiger partial charge in [0.2, 0.25) is 0 Å². The Morgan fingerprint density at radius 3 is 1.44 bits per heavy atom. The minimum atomic E-state index is -0.129. The molecule has 0 aliphatic rings. The van der Waals surface area contributed by atoms with Crippen molar-refractivity contribution in [2.75, 3.05) is 78.6 Å². The first kappa shape index (κ1) is 33.6. The highest BCUT2D eigenvalue weighted by Gasteiger charge is 2.02. The molecular weight excluding hydrogens is 460 g/mol. The van der Waals surface area contributed by atoms with Crippen molar-refractivity contribution in [2.24, 2.45) is 0 Å². The molecule has 0 unspecified atom stereocenters. The van der Waals surface area contributed by atoms with E-state index >= 15 is 0 Å². The first-order valence-corrected chi connectivity index (χ1v) is 13.9. The van der Waals surface area contributed by atoms with Crippen LogP contribution in [0, 0.1) is 0 Å². The Labute approximate surface area is 213 Å². The lowest BCUT2D eigenvalue weighted by molar-refractivity contribution is -0.145. The van der Waals surface area contributed by atoms with E-state index in [1.165, 1.54) is 44.9 Å². The molecule has 0 aromatic heterocycles. The van der Waals surface area contributed by atoms with Gasteiger partial charge in [0.1, 0.15) is 6.61 Å². The van der Waals surface area contributed by atoms with Crippen LogP contribution in [0.2, 0.25) is 0 Å². The number of carbonyl (C=O) groups is 1. The standard InChI is InChI=1S/C26H51ClO7/c1-2-3-4-5-6-7-10-13-26(28)34-25-24-33-23-22-32-21-20-31-19-18-30-17-16-29-15-12-9-8-11-14-27/h2-25H2,1H3. The van der Waals surface area contributed by atoms with E-state index in [0.29, 0.717) is 72.5 Å². The van der Waals surface area contributed by atoms with Crippen LogP contribution in [0.15, 0.2) is 0 Å².